The monoisotopic (exact) mass is 569 g/mol. The largest absolute Gasteiger partial charge is 0.444 e. The van der Waals surface area contributed by atoms with E-state index in [0.717, 1.165) is 4.90 Å². The molecule has 0 aliphatic carbocycles. The lowest BCUT2D eigenvalue weighted by atomic mass is 10.0. The van der Waals surface area contributed by atoms with E-state index in [-0.39, 0.29) is 48.6 Å². The second kappa shape index (κ2) is 11.1. The molecule has 2 N–H and O–H groups in total. The van der Waals surface area contributed by atoms with Crippen molar-refractivity contribution in [2.75, 3.05) is 37.7 Å². The maximum Gasteiger partial charge on any atom is 0.407 e. The van der Waals surface area contributed by atoms with Crippen LogP contribution in [0.1, 0.15) is 67.2 Å². The molecule has 41 heavy (non-hydrogen) atoms. The Morgan fingerprint density at radius 2 is 1.73 bits per heavy atom. The summed E-state index contributed by atoms with van der Waals surface area (Å²) in [6.45, 7) is 7.23. The molecule has 1 aromatic rings. The predicted octanol–water partition coefficient (Wildman–Crippen LogP) is 0.809. The summed E-state index contributed by atoms with van der Waals surface area (Å²) >= 11 is 0. The van der Waals surface area contributed by atoms with Crippen LogP contribution in [-0.2, 0) is 23.9 Å². The highest BCUT2D eigenvalue weighted by atomic mass is 16.6. The lowest BCUT2D eigenvalue weighted by Gasteiger charge is -2.41. The summed E-state index contributed by atoms with van der Waals surface area (Å²) in [5.74, 6) is -2.30. The fourth-order valence-electron chi connectivity index (χ4n) is 5.53. The van der Waals surface area contributed by atoms with Crippen LogP contribution in [0.2, 0.25) is 0 Å². The van der Waals surface area contributed by atoms with Crippen LogP contribution in [0.15, 0.2) is 18.2 Å². The SMILES string of the molecule is CC(C)(C)OC(=O)NC1CCN(C(=O)COC2CN(c3cccc4c3C(=O)N(C3CCC(=O)NC3=O)C4=O)C2)CC1. The Morgan fingerprint density at radius 3 is 2.39 bits per heavy atom. The number of benzene rings is 1. The summed E-state index contributed by atoms with van der Waals surface area (Å²) in [7, 11) is 0. The first-order valence-electron chi connectivity index (χ1n) is 13.9. The van der Waals surface area contributed by atoms with E-state index in [1.54, 1.807) is 43.9 Å². The first-order chi connectivity index (χ1) is 19.4. The number of likely N-dealkylation sites (tertiary alicyclic amines) is 1. The lowest BCUT2D eigenvalue weighted by Crippen LogP contribution is -2.55. The minimum absolute atomic E-state index is 0.0527. The molecule has 0 aromatic heterocycles. The summed E-state index contributed by atoms with van der Waals surface area (Å²) in [6, 6.07) is 3.91. The van der Waals surface area contributed by atoms with E-state index in [1.807, 2.05) is 4.90 Å². The second-order valence-electron chi connectivity index (χ2n) is 11.8. The number of anilines is 1. The Hall–Kier alpha value is -4.00. The molecule has 4 heterocycles. The second-order valence-corrected chi connectivity index (χ2v) is 11.8. The summed E-state index contributed by atoms with van der Waals surface area (Å²) < 4.78 is 11.1. The summed E-state index contributed by atoms with van der Waals surface area (Å²) in [4.78, 5) is 79.5. The number of nitrogens with zero attached hydrogens (tertiary/aromatic N) is 3. The molecule has 0 radical (unpaired) electrons. The van der Waals surface area contributed by atoms with Gasteiger partial charge in [-0.05, 0) is 52.2 Å². The van der Waals surface area contributed by atoms with E-state index in [1.165, 1.54) is 0 Å². The quantitative estimate of drug-likeness (QED) is 0.474. The van der Waals surface area contributed by atoms with E-state index >= 15 is 0 Å². The number of alkyl carbamates (subject to hydrolysis) is 1. The number of imide groups is 2. The van der Waals surface area contributed by atoms with Crippen LogP contribution in [0.5, 0.6) is 0 Å². The molecule has 0 saturated carbocycles. The average molecular weight is 570 g/mol. The Labute approximate surface area is 237 Å². The molecule has 220 valence electrons. The number of amides is 6. The summed E-state index contributed by atoms with van der Waals surface area (Å²) in [5, 5.41) is 5.05. The highest BCUT2D eigenvalue weighted by Crippen LogP contribution is 2.36. The minimum atomic E-state index is -1.02. The van der Waals surface area contributed by atoms with E-state index in [2.05, 4.69) is 10.6 Å². The van der Waals surface area contributed by atoms with Crippen molar-refractivity contribution in [2.45, 2.75) is 70.2 Å². The van der Waals surface area contributed by atoms with Gasteiger partial charge in [-0.2, -0.15) is 0 Å². The molecule has 5 rings (SSSR count). The Balaban J connectivity index is 1.10. The van der Waals surface area contributed by atoms with E-state index in [9.17, 15) is 28.8 Å². The normalized spacial score (nSPS) is 21.9. The molecule has 4 aliphatic rings. The summed E-state index contributed by atoms with van der Waals surface area (Å²) in [5.41, 5.74) is 0.459. The highest BCUT2D eigenvalue weighted by molar-refractivity contribution is 6.25. The fraction of sp³-hybridized carbons (Fsp3) is 0.571. The van der Waals surface area contributed by atoms with Crippen molar-refractivity contribution in [1.29, 1.82) is 0 Å². The van der Waals surface area contributed by atoms with Crippen molar-refractivity contribution >= 4 is 41.3 Å². The topological polar surface area (TPSA) is 155 Å². The van der Waals surface area contributed by atoms with Gasteiger partial charge in [-0.25, -0.2) is 4.79 Å². The number of ether oxygens (including phenoxy) is 2. The smallest absolute Gasteiger partial charge is 0.407 e. The number of hydrogen-bond acceptors (Lipinski definition) is 9. The fourth-order valence-corrected chi connectivity index (χ4v) is 5.53. The van der Waals surface area contributed by atoms with Gasteiger partial charge in [0.25, 0.3) is 11.8 Å². The van der Waals surface area contributed by atoms with Gasteiger partial charge in [-0.15, -0.1) is 0 Å². The van der Waals surface area contributed by atoms with Crippen LogP contribution in [-0.4, -0.2) is 102 Å². The first-order valence-corrected chi connectivity index (χ1v) is 13.9. The van der Waals surface area contributed by atoms with Crippen molar-refractivity contribution < 1.29 is 38.2 Å². The van der Waals surface area contributed by atoms with Gasteiger partial charge in [-0.1, -0.05) is 6.07 Å². The van der Waals surface area contributed by atoms with E-state index < -0.39 is 41.4 Å². The molecule has 13 nitrogen and oxygen atoms in total. The van der Waals surface area contributed by atoms with Crippen LogP contribution in [0, 0.1) is 0 Å². The number of carbonyl (C=O) groups is 6. The molecule has 6 amide bonds. The first kappa shape index (κ1) is 28.5. The molecule has 1 aromatic carbocycles. The van der Waals surface area contributed by atoms with Crippen molar-refractivity contribution in [3.8, 4) is 0 Å². The number of piperidine rings is 2. The molecule has 1 atom stereocenters. The zero-order valence-electron chi connectivity index (χ0n) is 23.4. The molecule has 4 aliphatic heterocycles. The third-order valence-electron chi connectivity index (χ3n) is 7.65. The molecule has 3 saturated heterocycles. The number of fused-ring (bicyclic) bond motifs is 1. The van der Waals surface area contributed by atoms with E-state index in [0.29, 0.717) is 44.7 Å². The number of nitrogens with one attached hydrogen (secondary N) is 2. The standard InChI is InChI=1S/C28H35N5O8/c1-28(2,3)41-27(39)29-16-9-11-31(12-10-16)22(35)15-40-17-13-32(14-17)19-6-4-5-18-23(19)26(38)33(25(18)37)20-7-8-21(34)30-24(20)36/h4-6,16-17,20H,7-15H2,1-3H3,(H,29,39)(H,30,34,36). The zero-order chi connectivity index (χ0) is 29.5. The number of hydrogen-bond donors (Lipinski definition) is 2. The molecule has 13 heteroatoms. The van der Waals surface area contributed by atoms with Gasteiger partial charge in [0, 0.05) is 38.6 Å². The molecular weight excluding hydrogens is 534 g/mol. The average Bonchev–Trinajstić information content (AvgIpc) is 3.12. The highest BCUT2D eigenvalue weighted by Gasteiger charge is 2.47. The van der Waals surface area contributed by atoms with Gasteiger partial charge in [-0.3, -0.25) is 34.2 Å². The van der Waals surface area contributed by atoms with Crippen LogP contribution in [0.25, 0.3) is 0 Å². The van der Waals surface area contributed by atoms with E-state index in [4.69, 9.17) is 9.47 Å². The van der Waals surface area contributed by atoms with Crippen molar-refractivity contribution in [3.63, 3.8) is 0 Å². The zero-order valence-corrected chi connectivity index (χ0v) is 23.4. The maximum atomic E-state index is 13.3. The Kier molecular flexibility index (Phi) is 7.73. The van der Waals surface area contributed by atoms with Gasteiger partial charge in [0.05, 0.1) is 22.9 Å². The Bertz CT molecular complexity index is 1280. The third-order valence-corrected chi connectivity index (χ3v) is 7.65. The lowest BCUT2D eigenvalue weighted by molar-refractivity contribution is -0.140. The molecule has 0 bridgehead atoms. The van der Waals surface area contributed by atoms with Gasteiger partial charge < -0.3 is 24.6 Å². The van der Waals surface area contributed by atoms with Crippen LogP contribution < -0.4 is 15.5 Å². The summed E-state index contributed by atoms with van der Waals surface area (Å²) in [6.07, 6.45) is 0.727. The van der Waals surface area contributed by atoms with Gasteiger partial charge in [0.15, 0.2) is 0 Å². The molecule has 0 spiro atoms. The van der Waals surface area contributed by atoms with Gasteiger partial charge in [0.2, 0.25) is 17.7 Å². The van der Waals surface area contributed by atoms with Crippen molar-refractivity contribution in [1.82, 2.24) is 20.4 Å². The van der Waals surface area contributed by atoms with Crippen molar-refractivity contribution in [2.24, 2.45) is 0 Å². The van der Waals surface area contributed by atoms with Gasteiger partial charge in [0.1, 0.15) is 18.2 Å². The third kappa shape index (κ3) is 6.04. The Morgan fingerprint density at radius 1 is 1.02 bits per heavy atom. The van der Waals surface area contributed by atoms with Gasteiger partial charge >= 0.3 is 6.09 Å². The van der Waals surface area contributed by atoms with Crippen molar-refractivity contribution in [3.05, 3.63) is 29.3 Å². The minimum Gasteiger partial charge on any atom is -0.444 e. The van der Waals surface area contributed by atoms with Crippen LogP contribution in [0.4, 0.5) is 10.5 Å². The molecule has 3 fully saturated rings. The predicted molar refractivity (Wildman–Crippen MR) is 144 cm³/mol. The van der Waals surface area contributed by atoms with Crippen LogP contribution in [0.3, 0.4) is 0 Å². The maximum absolute atomic E-state index is 13.3. The molecular formula is C28H35N5O8. The number of rotatable bonds is 6. The number of carbonyl (C=O) groups excluding carboxylic acids is 6. The van der Waals surface area contributed by atoms with Crippen LogP contribution >= 0.6 is 0 Å². The molecule has 1 unspecified atom stereocenters.